The quantitative estimate of drug-likeness (QED) is 0.193. The van der Waals surface area contributed by atoms with Crippen molar-refractivity contribution in [3.63, 3.8) is 0 Å². The molecule has 2 aliphatic rings. The van der Waals surface area contributed by atoms with Crippen LogP contribution in [-0.2, 0) is 9.53 Å². The fraction of sp³-hybridized carbons (Fsp3) is 0.700. The van der Waals surface area contributed by atoms with E-state index in [1.807, 2.05) is 13.8 Å². The number of unbranched alkanes of at least 4 members (excludes halogenated alkanes) is 8. The molecule has 1 fully saturated rings. The summed E-state index contributed by atoms with van der Waals surface area (Å²) in [6.45, 7) is 5.78. The van der Waals surface area contributed by atoms with Crippen molar-refractivity contribution in [1.82, 2.24) is 0 Å². The molecule has 3 rings (SSSR count). The molecule has 1 aliphatic heterocycles. The molecule has 0 radical (unpaired) electrons. The number of carbonyl (C=O) groups excluding carboxylic acids is 1. The Bertz CT molecular complexity index is 899. The third-order valence-corrected chi connectivity index (χ3v) is 9.32. The molecule has 0 amide bonds. The number of ether oxygens (including phenoxy) is 1. The van der Waals surface area contributed by atoms with E-state index in [2.05, 4.69) is 6.08 Å². The fourth-order valence-corrected chi connectivity index (χ4v) is 6.56. The Hall–Kier alpha value is -1.37. The molecule has 36 heavy (non-hydrogen) atoms. The Morgan fingerprint density at radius 1 is 1.08 bits per heavy atom. The lowest BCUT2D eigenvalue weighted by Gasteiger charge is -2.57. The lowest BCUT2D eigenvalue weighted by atomic mass is 9.58. The standard InChI is InChI=1S/C30H45FO4S/c1-22(33)36-18-12-10-8-6-4-5-7-9-11-13-23-16-17-30(21-32)20-25(23)28(35-29(30,2)3)24-14-15-27(34)26(31)19-24/h14-16,19,25,28,32,34H,4-13,17-18,20-21H2,1-3H3. The van der Waals surface area contributed by atoms with Crippen LogP contribution in [0.1, 0.15) is 109 Å². The number of allylic oxidation sites excluding steroid dienone is 1. The second-order valence-corrected chi connectivity index (χ2v) is 12.5. The summed E-state index contributed by atoms with van der Waals surface area (Å²) in [5, 5.41) is 20.2. The van der Waals surface area contributed by atoms with E-state index in [4.69, 9.17) is 4.74 Å². The second-order valence-electron chi connectivity index (χ2n) is 11.3. The lowest BCUT2D eigenvalue weighted by Crippen LogP contribution is -2.56. The SMILES string of the molecule is CC(=O)SCCCCCCCCCCCC1=CCC2(CO)CC1C(c1ccc(O)c(F)c1)OC2(C)C. The van der Waals surface area contributed by atoms with Gasteiger partial charge in [0.05, 0.1) is 18.3 Å². The van der Waals surface area contributed by atoms with Gasteiger partial charge in [-0.15, -0.1) is 0 Å². The Morgan fingerprint density at radius 3 is 2.33 bits per heavy atom. The van der Waals surface area contributed by atoms with Gasteiger partial charge in [0.15, 0.2) is 16.7 Å². The van der Waals surface area contributed by atoms with Crippen LogP contribution in [0.2, 0.25) is 0 Å². The number of phenolic OH excluding ortho intramolecular Hbond substituents is 1. The lowest BCUT2D eigenvalue weighted by molar-refractivity contribution is -0.223. The van der Waals surface area contributed by atoms with Crippen molar-refractivity contribution in [2.45, 2.75) is 110 Å². The highest BCUT2D eigenvalue weighted by Crippen LogP contribution is 2.58. The van der Waals surface area contributed by atoms with Gasteiger partial charge >= 0.3 is 0 Å². The van der Waals surface area contributed by atoms with Crippen molar-refractivity contribution < 1.29 is 24.1 Å². The Morgan fingerprint density at radius 2 is 1.72 bits per heavy atom. The number of aromatic hydroxyl groups is 1. The van der Waals surface area contributed by atoms with E-state index < -0.39 is 11.4 Å². The van der Waals surface area contributed by atoms with Crippen LogP contribution >= 0.6 is 11.8 Å². The molecule has 3 unspecified atom stereocenters. The van der Waals surface area contributed by atoms with Crippen molar-refractivity contribution in [1.29, 1.82) is 0 Å². The van der Waals surface area contributed by atoms with Crippen LogP contribution < -0.4 is 0 Å². The van der Waals surface area contributed by atoms with Gasteiger partial charge < -0.3 is 14.9 Å². The van der Waals surface area contributed by atoms with Gasteiger partial charge in [-0.2, -0.15) is 0 Å². The molecule has 1 aromatic rings. The molecule has 0 spiro atoms. The van der Waals surface area contributed by atoms with Crippen molar-refractivity contribution in [3.05, 3.63) is 41.2 Å². The van der Waals surface area contributed by atoms with Gasteiger partial charge in [0.1, 0.15) is 0 Å². The highest BCUT2D eigenvalue weighted by molar-refractivity contribution is 8.13. The molecule has 2 bridgehead atoms. The maximum atomic E-state index is 14.2. The molecule has 1 heterocycles. The van der Waals surface area contributed by atoms with E-state index in [0.29, 0.717) is 0 Å². The average Bonchev–Trinajstić information content (AvgIpc) is 2.84. The molecule has 202 valence electrons. The summed E-state index contributed by atoms with van der Waals surface area (Å²) in [5.74, 6) is 0.106. The Labute approximate surface area is 221 Å². The highest BCUT2D eigenvalue weighted by Gasteiger charge is 2.55. The number of hydrogen-bond donors (Lipinski definition) is 2. The first-order chi connectivity index (χ1) is 17.2. The number of thioether (sulfide) groups is 1. The summed E-state index contributed by atoms with van der Waals surface area (Å²) in [7, 11) is 0. The minimum absolute atomic E-state index is 0.0759. The van der Waals surface area contributed by atoms with E-state index in [-0.39, 0.29) is 34.9 Å². The van der Waals surface area contributed by atoms with Crippen LogP contribution in [0.4, 0.5) is 4.39 Å². The van der Waals surface area contributed by atoms with E-state index >= 15 is 0 Å². The summed E-state index contributed by atoms with van der Waals surface area (Å²) in [4.78, 5) is 10.9. The Kier molecular flexibility index (Phi) is 10.9. The summed E-state index contributed by atoms with van der Waals surface area (Å²) in [6, 6.07) is 4.57. The molecule has 1 aromatic carbocycles. The highest BCUT2D eigenvalue weighted by atomic mass is 32.2. The van der Waals surface area contributed by atoms with Crippen molar-refractivity contribution >= 4 is 16.9 Å². The zero-order chi connectivity index (χ0) is 26.2. The fourth-order valence-electron chi connectivity index (χ4n) is 5.92. The van der Waals surface area contributed by atoms with Crippen molar-refractivity contribution in [2.75, 3.05) is 12.4 Å². The molecule has 0 aromatic heterocycles. The maximum absolute atomic E-state index is 14.2. The van der Waals surface area contributed by atoms with Crippen LogP contribution in [0.3, 0.4) is 0 Å². The topological polar surface area (TPSA) is 66.8 Å². The smallest absolute Gasteiger partial charge is 0.185 e. The second kappa shape index (κ2) is 13.4. The van der Waals surface area contributed by atoms with E-state index in [1.165, 1.54) is 74.4 Å². The predicted octanol–water partition coefficient (Wildman–Crippen LogP) is 7.88. The summed E-state index contributed by atoms with van der Waals surface area (Å²) < 4.78 is 20.8. The number of hydrogen-bond acceptors (Lipinski definition) is 5. The summed E-state index contributed by atoms with van der Waals surface area (Å²) >= 11 is 1.44. The molecule has 3 atom stereocenters. The van der Waals surface area contributed by atoms with Crippen LogP contribution in [0, 0.1) is 17.2 Å². The van der Waals surface area contributed by atoms with Gasteiger partial charge in [0.25, 0.3) is 0 Å². The van der Waals surface area contributed by atoms with Crippen LogP contribution in [0.25, 0.3) is 0 Å². The van der Waals surface area contributed by atoms with Crippen molar-refractivity contribution in [3.8, 4) is 5.75 Å². The number of rotatable bonds is 14. The first-order valence-electron chi connectivity index (χ1n) is 13.8. The molecule has 1 aliphatic carbocycles. The van der Waals surface area contributed by atoms with Crippen LogP contribution in [0.15, 0.2) is 29.8 Å². The number of aliphatic hydroxyl groups excluding tert-OH is 1. The van der Waals surface area contributed by atoms with Gasteiger partial charge in [-0.1, -0.05) is 74.4 Å². The van der Waals surface area contributed by atoms with Gasteiger partial charge in [-0.3, -0.25) is 4.79 Å². The number of carbonyl (C=O) groups is 1. The minimum atomic E-state index is -0.621. The average molecular weight is 521 g/mol. The number of benzene rings is 1. The van der Waals surface area contributed by atoms with Gasteiger partial charge in [-0.25, -0.2) is 4.39 Å². The molecule has 4 nitrogen and oxygen atoms in total. The monoisotopic (exact) mass is 520 g/mol. The van der Waals surface area contributed by atoms with Gasteiger partial charge in [0.2, 0.25) is 0 Å². The minimum Gasteiger partial charge on any atom is -0.505 e. The zero-order valence-corrected chi connectivity index (χ0v) is 23.2. The maximum Gasteiger partial charge on any atom is 0.185 e. The molecule has 0 saturated carbocycles. The van der Waals surface area contributed by atoms with Crippen LogP contribution in [0.5, 0.6) is 5.75 Å². The van der Waals surface area contributed by atoms with Gasteiger partial charge in [0, 0.05) is 24.0 Å². The third kappa shape index (κ3) is 7.35. The molecular weight excluding hydrogens is 475 g/mol. The number of halogens is 1. The largest absolute Gasteiger partial charge is 0.505 e. The van der Waals surface area contributed by atoms with E-state index in [0.717, 1.165) is 43.4 Å². The predicted molar refractivity (Wildman–Crippen MR) is 146 cm³/mol. The van der Waals surface area contributed by atoms with E-state index in [9.17, 15) is 19.4 Å². The first kappa shape index (κ1) is 29.2. The molecule has 6 heteroatoms. The summed E-state index contributed by atoms with van der Waals surface area (Å²) in [5.41, 5.74) is 1.27. The van der Waals surface area contributed by atoms with Crippen LogP contribution in [-0.4, -0.2) is 33.3 Å². The third-order valence-electron chi connectivity index (χ3n) is 8.42. The number of aliphatic hydroxyl groups is 1. The molecule has 1 saturated heterocycles. The van der Waals surface area contributed by atoms with E-state index in [1.54, 1.807) is 13.0 Å². The number of phenols is 1. The van der Waals surface area contributed by atoms with Crippen molar-refractivity contribution in [2.24, 2.45) is 11.3 Å². The van der Waals surface area contributed by atoms with Gasteiger partial charge in [-0.05, 0) is 63.6 Å². The first-order valence-corrected chi connectivity index (χ1v) is 14.8. The number of fused-ring (bicyclic) bond motifs is 2. The molecule has 2 N–H and O–H groups in total. The Balaban J connectivity index is 1.48. The summed E-state index contributed by atoms with van der Waals surface area (Å²) in [6.07, 6.45) is 15.7. The zero-order valence-electron chi connectivity index (χ0n) is 22.4. The molecular formula is C30H45FO4S. The normalized spacial score (nSPS) is 25.0.